The number of halogens is 3. The van der Waals surface area contributed by atoms with Gasteiger partial charge in [-0.25, -0.2) is 4.98 Å². The number of nitrogens with one attached hydrogen (secondary N) is 1. The number of aromatic nitrogens is 3. The van der Waals surface area contributed by atoms with Crippen molar-refractivity contribution in [1.29, 1.82) is 0 Å². The molecule has 1 unspecified atom stereocenters. The number of hydrogen-bond donors (Lipinski definition) is 1. The average Bonchev–Trinajstić information content (AvgIpc) is 3.77. The molecule has 2 saturated heterocycles. The van der Waals surface area contributed by atoms with Gasteiger partial charge in [-0.15, -0.1) is 13.2 Å². The van der Waals surface area contributed by atoms with Crippen LogP contribution in [0, 0.1) is 0 Å². The fourth-order valence-electron chi connectivity index (χ4n) is 7.27. The summed E-state index contributed by atoms with van der Waals surface area (Å²) in [5.74, 6) is 1.69. The summed E-state index contributed by atoms with van der Waals surface area (Å²) in [5.41, 5.74) is 2.65. The zero-order chi connectivity index (χ0) is 35.3. The lowest BCUT2D eigenvalue weighted by Gasteiger charge is -2.39. The summed E-state index contributed by atoms with van der Waals surface area (Å²) in [5, 5.41) is 0. The minimum atomic E-state index is -4.69. The molecule has 4 aromatic rings. The van der Waals surface area contributed by atoms with Gasteiger partial charge in [0.05, 0.1) is 39.0 Å². The highest BCUT2D eigenvalue weighted by Crippen LogP contribution is 2.41. The number of ether oxygens (including phenoxy) is 4. The number of para-hydroxylation sites is 2. The van der Waals surface area contributed by atoms with Crippen LogP contribution < -0.4 is 19.1 Å². The van der Waals surface area contributed by atoms with E-state index in [4.69, 9.17) is 19.2 Å². The first kappa shape index (κ1) is 35.3. The van der Waals surface area contributed by atoms with Crippen molar-refractivity contribution in [3.8, 4) is 17.2 Å². The summed E-state index contributed by atoms with van der Waals surface area (Å²) in [6, 6.07) is 16.8. The minimum Gasteiger partial charge on any atom is -0.493 e. The molecule has 2 aromatic heterocycles. The van der Waals surface area contributed by atoms with Crippen LogP contribution in [0.15, 0.2) is 60.8 Å². The molecule has 0 aliphatic carbocycles. The Morgan fingerprint density at radius 3 is 2.36 bits per heavy atom. The fourth-order valence-corrected chi connectivity index (χ4v) is 7.27. The Bertz CT molecular complexity index is 1690. The zero-order valence-electron chi connectivity index (χ0n) is 28.5. The predicted octanol–water partition coefficient (Wildman–Crippen LogP) is 5.67. The molecule has 1 amide bonds. The highest BCUT2D eigenvalue weighted by atomic mass is 19.4. The summed E-state index contributed by atoms with van der Waals surface area (Å²) in [4.78, 5) is 32.8. The number of carbonyl (C=O) groups is 1. The van der Waals surface area contributed by atoms with Gasteiger partial charge in [0.25, 0.3) is 5.91 Å². The maximum absolute atomic E-state index is 13.9. The summed E-state index contributed by atoms with van der Waals surface area (Å²) in [6.07, 6.45) is 0.162. The second-order valence-electron chi connectivity index (χ2n) is 12.8. The largest absolute Gasteiger partial charge is 0.522 e. The highest BCUT2D eigenvalue weighted by Gasteiger charge is 2.43. The van der Waals surface area contributed by atoms with Crippen molar-refractivity contribution >= 4 is 22.9 Å². The number of H-pyrrole nitrogens is 1. The lowest BCUT2D eigenvalue weighted by atomic mass is 9.79. The molecule has 11 nitrogen and oxygen atoms in total. The Labute approximate surface area is 289 Å². The maximum atomic E-state index is 13.9. The molecule has 0 saturated carbocycles. The van der Waals surface area contributed by atoms with E-state index in [2.05, 4.69) is 19.6 Å². The molecule has 0 spiro atoms. The van der Waals surface area contributed by atoms with Gasteiger partial charge in [0.1, 0.15) is 0 Å². The number of rotatable bonds is 13. The number of likely N-dealkylation sites (tertiary alicyclic amines) is 2. The van der Waals surface area contributed by atoms with E-state index in [0.29, 0.717) is 41.8 Å². The Morgan fingerprint density at radius 2 is 1.72 bits per heavy atom. The molecule has 2 aliphatic rings. The second-order valence-corrected chi connectivity index (χ2v) is 12.8. The maximum Gasteiger partial charge on any atom is 0.522 e. The third-order valence-electron chi connectivity index (χ3n) is 9.91. The number of benzene rings is 2. The molecule has 4 heterocycles. The van der Waals surface area contributed by atoms with Gasteiger partial charge in [0.2, 0.25) is 11.7 Å². The van der Waals surface area contributed by atoms with Gasteiger partial charge in [0.15, 0.2) is 11.5 Å². The van der Waals surface area contributed by atoms with Crippen LogP contribution in [-0.4, -0.2) is 110 Å². The number of anilines is 1. The number of pyridine rings is 1. The number of alkyl halides is 3. The normalized spacial score (nSPS) is 18.8. The van der Waals surface area contributed by atoms with Gasteiger partial charge in [-0.1, -0.05) is 18.2 Å². The lowest BCUT2D eigenvalue weighted by molar-refractivity contribution is -0.323. The van der Waals surface area contributed by atoms with E-state index < -0.39 is 13.0 Å². The van der Waals surface area contributed by atoms with Crippen molar-refractivity contribution in [2.75, 3.05) is 72.1 Å². The number of carbonyl (C=O) groups excluding carboxylic acids is 1. The van der Waals surface area contributed by atoms with Crippen molar-refractivity contribution in [1.82, 2.24) is 24.8 Å². The number of piperidine rings is 1. The van der Waals surface area contributed by atoms with Crippen LogP contribution in [0.1, 0.15) is 41.7 Å². The number of imidazole rings is 1. The number of hydrogen-bond acceptors (Lipinski definition) is 9. The first-order valence-corrected chi connectivity index (χ1v) is 16.8. The van der Waals surface area contributed by atoms with E-state index in [1.165, 1.54) is 21.3 Å². The molecule has 0 radical (unpaired) electrons. The van der Waals surface area contributed by atoms with E-state index in [-0.39, 0.29) is 23.9 Å². The van der Waals surface area contributed by atoms with Crippen LogP contribution in [0.25, 0.3) is 11.0 Å². The van der Waals surface area contributed by atoms with Gasteiger partial charge in [-0.05, 0) is 68.6 Å². The Kier molecular flexibility index (Phi) is 10.7. The van der Waals surface area contributed by atoms with Crippen LogP contribution in [0.3, 0.4) is 0 Å². The lowest BCUT2D eigenvalue weighted by Crippen LogP contribution is -2.48. The van der Waals surface area contributed by atoms with Crippen LogP contribution in [0.2, 0.25) is 0 Å². The Balaban J connectivity index is 1.13. The molecule has 14 heteroatoms. The third kappa shape index (κ3) is 7.76. The molecule has 1 N–H and O–H groups in total. The van der Waals surface area contributed by atoms with E-state index >= 15 is 0 Å². The summed E-state index contributed by atoms with van der Waals surface area (Å²) >= 11 is 0. The van der Waals surface area contributed by atoms with E-state index in [1.807, 2.05) is 52.3 Å². The quantitative estimate of drug-likeness (QED) is 0.190. The van der Waals surface area contributed by atoms with E-state index in [9.17, 15) is 18.0 Å². The molecule has 268 valence electrons. The second kappa shape index (κ2) is 15.1. The molecule has 2 aromatic carbocycles. The fraction of sp³-hybridized carbons (Fsp3) is 0.472. The molecule has 1 atom stereocenters. The average molecular weight is 697 g/mol. The van der Waals surface area contributed by atoms with Crippen LogP contribution >= 0.6 is 0 Å². The summed E-state index contributed by atoms with van der Waals surface area (Å²) < 4.78 is 59.2. The highest BCUT2D eigenvalue weighted by molar-refractivity contribution is 5.96. The molecule has 6 rings (SSSR count). The molecular weight excluding hydrogens is 653 g/mol. The zero-order valence-corrected chi connectivity index (χ0v) is 28.5. The van der Waals surface area contributed by atoms with Crippen molar-refractivity contribution in [3.63, 3.8) is 0 Å². The topological polar surface area (TPSA) is 105 Å². The van der Waals surface area contributed by atoms with Crippen molar-refractivity contribution in [2.45, 2.75) is 43.5 Å². The van der Waals surface area contributed by atoms with Crippen molar-refractivity contribution in [2.24, 2.45) is 0 Å². The summed E-state index contributed by atoms with van der Waals surface area (Å²) in [6.45, 7) is 2.98. The molecule has 2 fully saturated rings. The first-order chi connectivity index (χ1) is 24.1. The SMILES string of the molecule is COc1cc(C(=O)N2CCC(CCN3CCC(N(CCOC(F)(F)F)c4nc5ccccc5[nH]4)CC3)(c3ccccn3)C2)cc(OC)c1OC. The Morgan fingerprint density at radius 1 is 1.00 bits per heavy atom. The number of aromatic amines is 1. The molecular formula is C36H43F3N6O5. The van der Waals surface area contributed by atoms with E-state index in [1.54, 1.807) is 18.3 Å². The number of nitrogens with zero attached hydrogens (tertiary/aromatic N) is 5. The molecule has 0 bridgehead atoms. The predicted molar refractivity (Wildman–Crippen MR) is 182 cm³/mol. The van der Waals surface area contributed by atoms with Crippen molar-refractivity contribution in [3.05, 3.63) is 72.1 Å². The minimum absolute atomic E-state index is 0.00790. The summed E-state index contributed by atoms with van der Waals surface area (Å²) in [7, 11) is 4.57. The van der Waals surface area contributed by atoms with Gasteiger partial charge in [0, 0.05) is 61.6 Å². The monoisotopic (exact) mass is 696 g/mol. The Hall–Kier alpha value is -4.56. The van der Waals surface area contributed by atoms with Crippen molar-refractivity contribution < 1.29 is 36.9 Å². The van der Waals surface area contributed by atoms with Gasteiger partial charge in [-0.2, -0.15) is 0 Å². The smallest absolute Gasteiger partial charge is 0.493 e. The third-order valence-corrected chi connectivity index (χ3v) is 9.91. The molecule has 2 aliphatic heterocycles. The number of methoxy groups -OCH3 is 3. The number of amides is 1. The first-order valence-electron chi connectivity index (χ1n) is 16.8. The van der Waals surface area contributed by atoms with Crippen LogP contribution in [-0.2, 0) is 10.2 Å². The van der Waals surface area contributed by atoms with Gasteiger partial charge in [-0.3, -0.25) is 14.5 Å². The van der Waals surface area contributed by atoms with Crippen LogP contribution in [0.4, 0.5) is 19.1 Å². The standard InChI is InChI=1S/C36H43F3N6O5/c1-47-29-22-25(23-30(48-2)32(29)49-3)33(46)44-19-14-35(24-44,31-10-6-7-15-40-31)13-18-43-16-11-26(12-17-43)45(20-21-50-36(37,38)39)34-41-27-8-4-5-9-28(27)42-34/h4-10,15,22-23,26H,11-14,16-21,24H2,1-3H3,(H,41,42). The van der Waals surface area contributed by atoms with E-state index in [0.717, 1.165) is 62.0 Å². The van der Waals surface area contributed by atoms with Gasteiger partial charge < -0.3 is 33.9 Å². The van der Waals surface area contributed by atoms with Crippen LogP contribution in [0.5, 0.6) is 17.2 Å². The molecule has 50 heavy (non-hydrogen) atoms. The van der Waals surface area contributed by atoms with Gasteiger partial charge >= 0.3 is 6.36 Å². The number of fused-ring (bicyclic) bond motifs is 1.